The van der Waals surface area contributed by atoms with E-state index in [9.17, 15) is 0 Å². The van der Waals surface area contributed by atoms with Crippen molar-refractivity contribution in [2.24, 2.45) is 0 Å². The molecule has 6 rings (SSSR count). The Kier molecular flexibility index (Phi) is 4.43. The van der Waals surface area contributed by atoms with Crippen LogP contribution in [-0.2, 0) is 0 Å². The van der Waals surface area contributed by atoms with Crippen molar-refractivity contribution in [2.75, 3.05) is 0 Å². The lowest BCUT2D eigenvalue weighted by Gasteiger charge is -1.99. The molecule has 0 aliphatic heterocycles. The van der Waals surface area contributed by atoms with Gasteiger partial charge in [-0.15, -0.1) is 45.3 Å². The van der Waals surface area contributed by atoms with Crippen LogP contribution in [0.2, 0.25) is 0 Å². The summed E-state index contributed by atoms with van der Waals surface area (Å²) in [6.07, 6.45) is 4.27. The van der Waals surface area contributed by atoms with Gasteiger partial charge in [0.15, 0.2) is 0 Å². The van der Waals surface area contributed by atoms with Crippen LogP contribution in [0.15, 0.2) is 66.7 Å². The van der Waals surface area contributed by atoms with Gasteiger partial charge in [0.1, 0.15) is 0 Å². The first kappa shape index (κ1) is 18.5. The number of thiophene rings is 4. The van der Waals surface area contributed by atoms with Crippen LogP contribution in [0.3, 0.4) is 0 Å². The van der Waals surface area contributed by atoms with Gasteiger partial charge >= 0.3 is 0 Å². The molecular weight excluding hydrogens is 441 g/mol. The van der Waals surface area contributed by atoms with E-state index in [0.29, 0.717) is 0 Å². The first-order valence-electron chi connectivity index (χ1n) is 9.88. The fraction of sp³-hybridized carbons (Fsp3) is 0.0769. The summed E-state index contributed by atoms with van der Waals surface area (Å²) < 4.78 is 5.63. The number of hydrogen-bond acceptors (Lipinski definition) is 4. The van der Waals surface area contributed by atoms with Gasteiger partial charge in [0.05, 0.1) is 9.40 Å². The molecule has 2 aromatic carbocycles. The number of hydrogen-bond donors (Lipinski definition) is 0. The summed E-state index contributed by atoms with van der Waals surface area (Å²) in [7, 11) is 0. The monoisotopic (exact) mass is 458 g/mol. The van der Waals surface area contributed by atoms with E-state index in [0.717, 1.165) is 0 Å². The number of fused-ring (bicyclic) bond motifs is 5. The van der Waals surface area contributed by atoms with Gasteiger partial charge in [0, 0.05) is 39.7 Å². The highest BCUT2D eigenvalue weighted by molar-refractivity contribution is 7.36. The average molecular weight is 459 g/mol. The summed E-state index contributed by atoms with van der Waals surface area (Å²) in [5.74, 6) is 0. The lowest BCUT2D eigenvalue weighted by Crippen LogP contribution is -1.71. The van der Waals surface area contributed by atoms with Crippen molar-refractivity contribution in [2.45, 2.75) is 13.8 Å². The second-order valence-electron chi connectivity index (χ2n) is 7.40. The van der Waals surface area contributed by atoms with Crippen molar-refractivity contribution < 1.29 is 0 Å². The van der Waals surface area contributed by atoms with Crippen molar-refractivity contribution in [3.63, 3.8) is 0 Å². The quantitative estimate of drug-likeness (QED) is 0.247. The van der Waals surface area contributed by atoms with Crippen LogP contribution in [0, 0.1) is 6.92 Å². The Labute approximate surface area is 191 Å². The largest absolute Gasteiger partial charge is 0.141 e. The first-order chi connectivity index (χ1) is 14.7. The molecule has 0 saturated carbocycles. The normalized spacial score (nSPS) is 12.2. The van der Waals surface area contributed by atoms with Crippen molar-refractivity contribution >= 4 is 81.0 Å². The maximum Gasteiger partial charge on any atom is 0.0542 e. The average Bonchev–Trinajstić information content (AvgIpc) is 3.51. The molecule has 0 spiro atoms. The van der Waals surface area contributed by atoms with E-state index in [4.69, 9.17) is 0 Å². The molecule has 30 heavy (non-hydrogen) atoms. The number of aryl methyl sites for hydroxylation is 1. The molecule has 0 unspecified atom stereocenters. The third-order valence-corrected chi connectivity index (χ3v) is 10.0. The molecule has 4 heterocycles. The lowest BCUT2D eigenvalue weighted by atomic mass is 10.1. The lowest BCUT2D eigenvalue weighted by molar-refractivity contribution is 1.64. The summed E-state index contributed by atoms with van der Waals surface area (Å²) in [6, 6.07) is 22.8. The highest BCUT2D eigenvalue weighted by atomic mass is 32.1. The van der Waals surface area contributed by atoms with Gasteiger partial charge in [-0.25, -0.2) is 0 Å². The zero-order valence-electron chi connectivity index (χ0n) is 16.6. The molecule has 0 bridgehead atoms. The maximum atomic E-state index is 2.37. The number of allylic oxidation sites excluding steroid dienone is 1. The second-order valence-corrected chi connectivity index (χ2v) is 11.9. The molecule has 146 valence electrons. The van der Waals surface area contributed by atoms with E-state index in [1.165, 1.54) is 60.2 Å². The van der Waals surface area contributed by atoms with Gasteiger partial charge in [-0.05, 0) is 67.4 Å². The van der Waals surface area contributed by atoms with Crippen LogP contribution in [0.4, 0.5) is 0 Å². The minimum atomic E-state index is 1.31. The molecule has 0 radical (unpaired) electrons. The minimum Gasteiger partial charge on any atom is -0.141 e. The van der Waals surface area contributed by atoms with Gasteiger partial charge in [-0.3, -0.25) is 0 Å². The van der Waals surface area contributed by atoms with E-state index < -0.39 is 0 Å². The topological polar surface area (TPSA) is 0 Å². The first-order valence-corrected chi connectivity index (χ1v) is 13.1. The molecule has 4 aromatic heterocycles. The predicted octanol–water partition coefficient (Wildman–Crippen LogP) is 10.1. The molecule has 0 atom stereocenters. The minimum absolute atomic E-state index is 1.31. The van der Waals surface area contributed by atoms with Gasteiger partial charge in [-0.2, -0.15) is 0 Å². The SMILES string of the molecule is CC=Cc1ccc(-c2ccc3c(c2)sc2c4ccc(-c5ccc(C)s5)cc4sc32)s1. The highest BCUT2D eigenvalue weighted by Gasteiger charge is 2.14. The van der Waals surface area contributed by atoms with Gasteiger partial charge in [-0.1, -0.05) is 30.3 Å². The van der Waals surface area contributed by atoms with E-state index in [2.05, 4.69) is 86.7 Å². The molecular formula is C26H18S4. The van der Waals surface area contributed by atoms with E-state index in [-0.39, 0.29) is 0 Å². The van der Waals surface area contributed by atoms with Crippen molar-refractivity contribution in [1.29, 1.82) is 0 Å². The van der Waals surface area contributed by atoms with Crippen molar-refractivity contribution in [3.8, 4) is 20.9 Å². The second kappa shape index (κ2) is 7.17. The Bertz CT molecular complexity index is 1570. The van der Waals surface area contributed by atoms with E-state index >= 15 is 0 Å². The highest BCUT2D eigenvalue weighted by Crippen LogP contribution is 2.46. The third kappa shape index (κ3) is 2.98. The van der Waals surface area contributed by atoms with E-state index in [1.807, 2.05) is 45.3 Å². The Morgan fingerprint density at radius 2 is 1.23 bits per heavy atom. The zero-order valence-corrected chi connectivity index (χ0v) is 19.8. The summed E-state index contributed by atoms with van der Waals surface area (Å²) in [5, 5.41) is 2.78. The fourth-order valence-electron chi connectivity index (χ4n) is 3.91. The van der Waals surface area contributed by atoms with Gasteiger partial charge < -0.3 is 0 Å². The standard InChI is InChI=1S/C26H18S4/c1-3-4-18-8-12-22(28-18)17-7-10-20-24(14-17)30-25-19-9-6-16(13-23(19)29-26(20)25)21-11-5-15(2)27-21/h3-14H,1-2H3. The maximum absolute atomic E-state index is 2.37. The molecule has 0 aliphatic carbocycles. The summed E-state index contributed by atoms with van der Waals surface area (Å²) >= 11 is 7.59. The van der Waals surface area contributed by atoms with Crippen LogP contribution in [0.5, 0.6) is 0 Å². The van der Waals surface area contributed by atoms with Crippen LogP contribution in [-0.4, -0.2) is 0 Å². The Hall–Kier alpha value is -2.24. The molecule has 0 fully saturated rings. The van der Waals surface area contributed by atoms with Crippen LogP contribution < -0.4 is 0 Å². The third-order valence-electron chi connectivity index (χ3n) is 5.35. The van der Waals surface area contributed by atoms with Crippen LogP contribution in [0.1, 0.15) is 16.7 Å². The molecule has 0 aliphatic rings. The Balaban J connectivity index is 1.47. The van der Waals surface area contributed by atoms with Crippen LogP contribution >= 0.6 is 45.3 Å². The summed E-state index contributed by atoms with van der Waals surface area (Å²) in [6.45, 7) is 4.24. The number of benzene rings is 2. The molecule has 0 amide bonds. The molecule has 4 heteroatoms. The van der Waals surface area contributed by atoms with Gasteiger partial charge in [0.2, 0.25) is 0 Å². The predicted molar refractivity (Wildman–Crippen MR) is 141 cm³/mol. The summed E-state index contributed by atoms with van der Waals surface area (Å²) in [5.41, 5.74) is 2.65. The zero-order chi connectivity index (χ0) is 20.2. The molecule has 0 saturated heterocycles. The molecule has 0 nitrogen and oxygen atoms in total. The van der Waals surface area contributed by atoms with E-state index in [1.54, 1.807) is 0 Å². The van der Waals surface area contributed by atoms with Crippen molar-refractivity contribution in [1.82, 2.24) is 0 Å². The Morgan fingerprint density at radius 3 is 1.80 bits per heavy atom. The van der Waals surface area contributed by atoms with Gasteiger partial charge in [0.25, 0.3) is 0 Å². The summed E-state index contributed by atoms with van der Waals surface area (Å²) in [4.78, 5) is 5.36. The molecule has 6 aromatic rings. The van der Waals surface area contributed by atoms with Crippen molar-refractivity contribution in [3.05, 3.63) is 76.5 Å². The fourth-order valence-corrected chi connectivity index (χ4v) is 8.49. The van der Waals surface area contributed by atoms with Crippen LogP contribution in [0.25, 0.3) is 56.5 Å². The Morgan fingerprint density at radius 1 is 0.633 bits per heavy atom. The molecule has 0 N–H and O–H groups in total. The number of rotatable bonds is 3. The smallest absolute Gasteiger partial charge is 0.0542 e.